The minimum Gasteiger partial charge on any atom is -0.358 e. The molecule has 1 heterocycles. The van der Waals surface area contributed by atoms with Crippen molar-refractivity contribution in [2.45, 2.75) is 20.3 Å². The van der Waals surface area contributed by atoms with Gasteiger partial charge in [0.1, 0.15) is 7.05 Å². The number of aromatic nitrogens is 2. The third-order valence-corrected chi connectivity index (χ3v) is 1.71. The van der Waals surface area contributed by atoms with E-state index >= 15 is 0 Å². The first-order chi connectivity index (χ1) is 6.00. The number of nitrogens with zero attached hydrogens (tertiary/aromatic N) is 3. The summed E-state index contributed by atoms with van der Waals surface area (Å²) in [4.78, 5) is 10.0. The summed E-state index contributed by atoms with van der Waals surface area (Å²) in [6.45, 7) is 4.11. The Hall–Kier alpha value is -1.39. The zero-order valence-electron chi connectivity index (χ0n) is 8.02. The summed E-state index contributed by atoms with van der Waals surface area (Å²) in [5, 5.41) is 14.5. The lowest BCUT2D eigenvalue weighted by Crippen LogP contribution is -1.99. The Labute approximate surface area is 76.5 Å². The number of hydrogen-bond donors (Lipinski definition) is 0. The van der Waals surface area contributed by atoms with Crippen molar-refractivity contribution < 1.29 is 4.92 Å². The molecule has 0 amide bonds. The zero-order chi connectivity index (χ0) is 10.0. The first-order valence-electron chi connectivity index (χ1n) is 4.18. The number of aryl methyl sites for hydroxylation is 1. The van der Waals surface area contributed by atoms with Crippen molar-refractivity contribution in [1.29, 1.82) is 0 Å². The molecule has 0 aromatic carbocycles. The van der Waals surface area contributed by atoms with Crippen LogP contribution in [0.5, 0.6) is 0 Å². The van der Waals surface area contributed by atoms with Crippen LogP contribution in [0.3, 0.4) is 0 Å². The quantitative estimate of drug-likeness (QED) is 0.527. The van der Waals surface area contributed by atoms with Crippen molar-refractivity contribution in [1.82, 2.24) is 9.78 Å². The van der Waals surface area contributed by atoms with Gasteiger partial charge in [0.15, 0.2) is 0 Å². The van der Waals surface area contributed by atoms with E-state index in [9.17, 15) is 10.1 Å². The van der Waals surface area contributed by atoms with Crippen LogP contribution in [0.2, 0.25) is 0 Å². The highest BCUT2D eigenvalue weighted by Crippen LogP contribution is 2.14. The maximum absolute atomic E-state index is 10.5. The SMILES string of the molecule is CC(C)Cc1cc([N+](=O)[O-])n(C)n1. The maximum atomic E-state index is 10.5. The molecule has 0 spiro atoms. The van der Waals surface area contributed by atoms with Crippen LogP contribution in [-0.2, 0) is 13.5 Å². The number of hydrogen-bond acceptors (Lipinski definition) is 3. The molecule has 0 radical (unpaired) electrons. The normalized spacial score (nSPS) is 10.8. The summed E-state index contributed by atoms with van der Waals surface area (Å²) in [7, 11) is 1.59. The Bertz CT molecular complexity index is 317. The van der Waals surface area contributed by atoms with E-state index in [2.05, 4.69) is 18.9 Å². The van der Waals surface area contributed by atoms with Crippen LogP contribution in [0.4, 0.5) is 5.82 Å². The molecular formula is C8H13N3O2. The predicted molar refractivity (Wildman–Crippen MR) is 48.4 cm³/mol. The fourth-order valence-electron chi connectivity index (χ4n) is 1.20. The average molecular weight is 183 g/mol. The summed E-state index contributed by atoms with van der Waals surface area (Å²) in [6, 6.07) is 1.53. The summed E-state index contributed by atoms with van der Waals surface area (Å²) >= 11 is 0. The van der Waals surface area contributed by atoms with E-state index in [0.717, 1.165) is 12.1 Å². The lowest BCUT2D eigenvalue weighted by atomic mass is 10.1. The molecule has 0 saturated heterocycles. The Morgan fingerprint density at radius 2 is 2.31 bits per heavy atom. The van der Waals surface area contributed by atoms with E-state index in [4.69, 9.17) is 0 Å². The molecule has 1 aromatic heterocycles. The molecule has 0 aliphatic carbocycles. The Kier molecular flexibility index (Phi) is 2.65. The summed E-state index contributed by atoms with van der Waals surface area (Å²) < 4.78 is 1.30. The third kappa shape index (κ3) is 2.27. The van der Waals surface area contributed by atoms with Gasteiger partial charge in [-0.3, -0.25) is 0 Å². The monoisotopic (exact) mass is 183 g/mol. The van der Waals surface area contributed by atoms with Gasteiger partial charge in [-0.05, 0) is 17.3 Å². The molecule has 0 aliphatic rings. The first-order valence-corrected chi connectivity index (χ1v) is 4.18. The maximum Gasteiger partial charge on any atom is 0.344 e. The fourth-order valence-corrected chi connectivity index (χ4v) is 1.20. The van der Waals surface area contributed by atoms with E-state index in [0.29, 0.717) is 5.92 Å². The van der Waals surface area contributed by atoms with Gasteiger partial charge >= 0.3 is 5.82 Å². The molecule has 0 bridgehead atoms. The molecular weight excluding hydrogens is 170 g/mol. The van der Waals surface area contributed by atoms with Gasteiger partial charge in [-0.1, -0.05) is 18.9 Å². The molecule has 0 atom stereocenters. The lowest BCUT2D eigenvalue weighted by molar-refractivity contribution is -0.392. The highest BCUT2D eigenvalue weighted by molar-refractivity contribution is 5.22. The topological polar surface area (TPSA) is 61.0 Å². The molecule has 0 fully saturated rings. The smallest absolute Gasteiger partial charge is 0.344 e. The zero-order valence-corrected chi connectivity index (χ0v) is 8.02. The molecule has 0 N–H and O–H groups in total. The van der Waals surface area contributed by atoms with Crippen LogP contribution in [0.1, 0.15) is 19.5 Å². The van der Waals surface area contributed by atoms with Crippen LogP contribution in [-0.4, -0.2) is 14.7 Å². The largest absolute Gasteiger partial charge is 0.358 e. The Balaban J connectivity index is 2.89. The lowest BCUT2D eigenvalue weighted by Gasteiger charge is -1.96. The number of nitro groups is 1. The Morgan fingerprint density at radius 3 is 2.69 bits per heavy atom. The van der Waals surface area contributed by atoms with Gasteiger partial charge in [0.25, 0.3) is 0 Å². The van der Waals surface area contributed by atoms with Crippen LogP contribution >= 0.6 is 0 Å². The van der Waals surface area contributed by atoms with Crippen LogP contribution in [0.25, 0.3) is 0 Å². The average Bonchev–Trinajstić information content (AvgIpc) is 2.29. The highest BCUT2D eigenvalue weighted by Gasteiger charge is 2.14. The van der Waals surface area contributed by atoms with Gasteiger partial charge in [0, 0.05) is 0 Å². The molecule has 5 heteroatoms. The van der Waals surface area contributed by atoms with Gasteiger partial charge in [-0.15, -0.1) is 4.68 Å². The molecule has 0 aliphatic heterocycles. The van der Waals surface area contributed by atoms with Crippen molar-refractivity contribution in [2.24, 2.45) is 13.0 Å². The van der Waals surface area contributed by atoms with E-state index in [1.165, 1.54) is 10.7 Å². The van der Waals surface area contributed by atoms with Crippen LogP contribution in [0, 0.1) is 16.0 Å². The minimum atomic E-state index is -0.420. The van der Waals surface area contributed by atoms with Gasteiger partial charge in [-0.25, -0.2) is 0 Å². The summed E-state index contributed by atoms with van der Waals surface area (Å²) in [5.41, 5.74) is 0.782. The standard InChI is InChI=1S/C8H13N3O2/c1-6(2)4-7-5-8(11(12)13)10(3)9-7/h5-6H,4H2,1-3H3. The second-order valence-corrected chi connectivity index (χ2v) is 3.47. The van der Waals surface area contributed by atoms with E-state index in [1.807, 2.05) is 0 Å². The first kappa shape index (κ1) is 9.70. The van der Waals surface area contributed by atoms with Crippen molar-refractivity contribution in [2.75, 3.05) is 0 Å². The molecule has 0 saturated carbocycles. The van der Waals surface area contributed by atoms with E-state index in [-0.39, 0.29) is 5.82 Å². The minimum absolute atomic E-state index is 0.0515. The van der Waals surface area contributed by atoms with Gasteiger partial charge in [0.2, 0.25) is 0 Å². The molecule has 0 unspecified atom stereocenters. The van der Waals surface area contributed by atoms with Crippen molar-refractivity contribution in [3.63, 3.8) is 0 Å². The van der Waals surface area contributed by atoms with Gasteiger partial charge in [-0.2, -0.15) is 0 Å². The fraction of sp³-hybridized carbons (Fsp3) is 0.625. The van der Waals surface area contributed by atoms with Crippen molar-refractivity contribution >= 4 is 5.82 Å². The summed E-state index contributed by atoms with van der Waals surface area (Å²) in [5.74, 6) is 0.519. The van der Waals surface area contributed by atoms with E-state index in [1.54, 1.807) is 7.05 Å². The van der Waals surface area contributed by atoms with Crippen LogP contribution < -0.4 is 0 Å². The molecule has 1 aromatic rings. The summed E-state index contributed by atoms with van der Waals surface area (Å²) in [6.07, 6.45) is 0.779. The molecule has 1 rings (SSSR count). The van der Waals surface area contributed by atoms with Gasteiger partial charge in [0.05, 0.1) is 11.8 Å². The number of rotatable bonds is 3. The van der Waals surface area contributed by atoms with Crippen molar-refractivity contribution in [3.05, 3.63) is 21.9 Å². The highest BCUT2D eigenvalue weighted by atomic mass is 16.6. The van der Waals surface area contributed by atoms with Crippen molar-refractivity contribution in [3.8, 4) is 0 Å². The molecule has 13 heavy (non-hydrogen) atoms. The van der Waals surface area contributed by atoms with E-state index < -0.39 is 4.92 Å². The second kappa shape index (κ2) is 3.55. The molecule has 72 valence electrons. The second-order valence-electron chi connectivity index (χ2n) is 3.47. The van der Waals surface area contributed by atoms with Gasteiger partial charge < -0.3 is 10.1 Å². The van der Waals surface area contributed by atoms with Crippen LogP contribution in [0.15, 0.2) is 6.07 Å². The predicted octanol–water partition coefficient (Wildman–Crippen LogP) is 1.53. The molecule has 5 nitrogen and oxygen atoms in total. The Morgan fingerprint density at radius 1 is 1.69 bits per heavy atom. The third-order valence-electron chi connectivity index (χ3n) is 1.71.